The molecule has 0 saturated carbocycles. The summed E-state index contributed by atoms with van der Waals surface area (Å²) in [5.41, 5.74) is 0. The predicted octanol–water partition coefficient (Wildman–Crippen LogP) is 3.52. The molecule has 0 unspecified atom stereocenters. The highest BCUT2D eigenvalue weighted by molar-refractivity contribution is 4.47. The third-order valence-electron chi connectivity index (χ3n) is 0. The fourth-order valence-corrected chi connectivity index (χ4v) is 0. The zero-order chi connectivity index (χ0) is 8.00. The van der Waals surface area contributed by atoms with Gasteiger partial charge in [0.25, 0.3) is 0 Å². The first-order valence-electron chi connectivity index (χ1n) is 2.33. The zero-order valence-corrected chi connectivity index (χ0v) is 5.98. The number of terminal acetylenes is 1. The van der Waals surface area contributed by atoms with Gasteiger partial charge >= 0.3 is 0 Å². The average molecular weight is 128 g/mol. The molecule has 0 atom stereocenters. The van der Waals surface area contributed by atoms with Crippen LogP contribution in [0.25, 0.3) is 0 Å². The smallest absolute Gasteiger partial charge is 0.0683 e. The zero-order valence-electron chi connectivity index (χ0n) is 5.98. The van der Waals surface area contributed by atoms with Gasteiger partial charge in [-0.2, -0.15) is 0 Å². The SMILES string of the molecule is C.C#C.C=C.C=C.CC. The van der Waals surface area contributed by atoms with E-state index >= 15 is 0 Å². The van der Waals surface area contributed by atoms with Crippen LogP contribution in [0.2, 0.25) is 0 Å². The van der Waals surface area contributed by atoms with Crippen molar-refractivity contribution >= 4 is 0 Å². The van der Waals surface area contributed by atoms with Crippen LogP contribution in [0.15, 0.2) is 26.3 Å². The van der Waals surface area contributed by atoms with Crippen molar-refractivity contribution in [2.24, 2.45) is 0 Å². The topological polar surface area (TPSA) is 0 Å². The van der Waals surface area contributed by atoms with Crippen LogP contribution in [-0.2, 0) is 0 Å². The van der Waals surface area contributed by atoms with Crippen molar-refractivity contribution in [3.8, 4) is 12.8 Å². The molecule has 0 N–H and O–H groups in total. The summed E-state index contributed by atoms with van der Waals surface area (Å²) in [5, 5.41) is 0. The lowest BCUT2D eigenvalue weighted by atomic mass is 11.0. The third-order valence-corrected chi connectivity index (χ3v) is 0. The molecule has 0 aliphatic heterocycles. The number of hydrogen-bond acceptors (Lipinski definition) is 0. The van der Waals surface area contributed by atoms with Crippen LogP contribution < -0.4 is 0 Å². The van der Waals surface area contributed by atoms with Crippen molar-refractivity contribution in [1.82, 2.24) is 0 Å². The minimum Gasteiger partial charge on any atom is -0.124 e. The van der Waals surface area contributed by atoms with Gasteiger partial charge in [0, 0.05) is 0 Å². The third kappa shape index (κ3) is 194. The molecule has 0 aromatic carbocycles. The minimum atomic E-state index is 0. The summed E-state index contributed by atoms with van der Waals surface area (Å²) in [6.07, 6.45) is 8.00. The summed E-state index contributed by atoms with van der Waals surface area (Å²) in [5.74, 6) is 0. The molecule has 0 aromatic heterocycles. The van der Waals surface area contributed by atoms with Gasteiger partial charge in [0.15, 0.2) is 0 Å². The molecule has 56 valence electrons. The molecule has 0 bridgehead atoms. The fourth-order valence-electron chi connectivity index (χ4n) is 0. The Labute approximate surface area is 61.3 Å². The quantitative estimate of drug-likeness (QED) is 0.346. The summed E-state index contributed by atoms with van der Waals surface area (Å²) in [4.78, 5) is 0. The highest BCUT2D eigenvalue weighted by Gasteiger charge is 0.932. The second kappa shape index (κ2) is 279. The first kappa shape index (κ1) is 43.1. The molecular weight excluding hydrogens is 108 g/mol. The maximum absolute atomic E-state index is 4.00. The van der Waals surface area contributed by atoms with Crippen LogP contribution in [0.5, 0.6) is 0 Å². The van der Waals surface area contributed by atoms with Crippen molar-refractivity contribution in [3.63, 3.8) is 0 Å². The maximum Gasteiger partial charge on any atom is -0.0683 e. The second-order valence-electron chi connectivity index (χ2n) is 0. The molecule has 0 nitrogen and oxygen atoms in total. The summed E-state index contributed by atoms with van der Waals surface area (Å²) in [6.45, 7) is 16.0. The Balaban J connectivity index is -0.00000000762. The lowest BCUT2D eigenvalue weighted by Crippen LogP contribution is -0.856. The van der Waals surface area contributed by atoms with Crippen molar-refractivity contribution in [2.75, 3.05) is 0 Å². The van der Waals surface area contributed by atoms with Gasteiger partial charge in [0.05, 0.1) is 0 Å². The van der Waals surface area contributed by atoms with Crippen molar-refractivity contribution < 1.29 is 0 Å². The molecule has 0 heterocycles. The van der Waals surface area contributed by atoms with Crippen LogP contribution in [0.1, 0.15) is 21.3 Å². The molecule has 0 radical (unpaired) electrons. The lowest BCUT2D eigenvalue weighted by molar-refractivity contribution is 1.50. The predicted molar refractivity (Wildman–Crippen MR) is 50.5 cm³/mol. The maximum atomic E-state index is 4.00. The van der Waals surface area contributed by atoms with Crippen molar-refractivity contribution in [1.29, 1.82) is 0 Å². The molecule has 0 heteroatoms. The van der Waals surface area contributed by atoms with Gasteiger partial charge in [0.1, 0.15) is 0 Å². The van der Waals surface area contributed by atoms with E-state index in [1.165, 1.54) is 0 Å². The average Bonchev–Trinajstić information content (AvgIpc) is 2.03. The Morgan fingerprint density at radius 1 is 0.778 bits per heavy atom. The minimum absolute atomic E-state index is 0. The first-order valence-corrected chi connectivity index (χ1v) is 2.33. The fraction of sp³-hybridized carbons (Fsp3) is 0.333. The molecular formula is C9H20. The highest BCUT2D eigenvalue weighted by Crippen LogP contribution is 1.14. The first-order chi connectivity index (χ1) is 4.00. The Hall–Kier alpha value is -0.960. The summed E-state index contributed by atoms with van der Waals surface area (Å²) in [6, 6.07) is 0. The highest BCUT2D eigenvalue weighted by atomic mass is 13.0. The van der Waals surface area contributed by atoms with E-state index in [1.807, 2.05) is 13.8 Å². The van der Waals surface area contributed by atoms with Crippen LogP contribution in [0.4, 0.5) is 0 Å². The van der Waals surface area contributed by atoms with Gasteiger partial charge in [-0.1, -0.05) is 21.3 Å². The van der Waals surface area contributed by atoms with Crippen LogP contribution in [0, 0.1) is 12.8 Å². The summed E-state index contributed by atoms with van der Waals surface area (Å²) >= 11 is 0. The van der Waals surface area contributed by atoms with Gasteiger partial charge in [-0.15, -0.1) is 39.2 Å². The van der Waals surface area contributed by atoms with Crippen molar-refractivity contribution in [2.45, 2.75) is 21.3 Å². The van der Waals surface area contributed by atoms with E-state index < -0.39 is 0 Å². The molecule has 0 amide bonds. The van der Waals surface area contributed by atoms with E-state index in [2.05, 4.69) is 39.2 Å². The summed E-state index contributed by atoms with van der Waals surface area (Å²) < 4.78 is 0. The van der Waals surface area contributed by atoms with Crippen LogP contribution in [0.3, 0.4) is 0 Å². The largest absolute Gasteiger partial charge is 0.124 e. The monoisotopic (exact) mass is 128 g/mol. The molecule has 0 fully saturated rings. The van der Waals surface area contributed by atoms with Gasteiger partial charge in [-0.05, 0) is 0 Å². The number of rotatable bonds is 0. The Morgan fingerprint density at radius 3 is 0.778 bits per heavy atom. The lowest BCUT2D eigenvalue weighted by Gasteiger charge is -1.07. The van der Waals surface area contributed by atoms with E-state index in [1.54, 1.807) is 0 Å². The van der Waals surface area contributed by atoms with E-state index in [0.29, 0.717) is 0 Å². The molecule has 0 aliphatic rings. The molecule has 0 spiro atoms. The molecule has 0 aliphatic carbocycles. The Morgan fingerprint density at radius 2 is 0.778 bits per heavy atom. The van der Waals surface area contributed by atoms with E-state index in [9.17, 15) is 0 Å². The van der Waals surface area contributed by atoms with E-state index in [0.717, 1.165) is 0 Å². The molecule has 0 rings (SSSR count). The van der Waals surface area contributed by atoms with E-state index in [-0.39, 0.29) is 7.43 Å². The second-order valence-corrected chi connectivity index (χ2v) is 0. The standard InChI is InChI=1S/C2H6.2C2H4.C2H2.CH4/c4*1-2;/h1-2H3;2*1-2H2;1-2H;1H4. The van der Waals surface area contributed by atoms with Crippen molar-refractivity contribution in [3.05, 3.63) is 26.3 Å². The number of hydrogen-bond donors (Lipinski definition) is 0. The van der Waals surface area contributed by atoms with Gasteiger partial charge in [-0.3, -0.25) is 0 Å². The van der Waals surface area contributed by atoms with Crippen LogP contribution >= 0.6 is 0 Å². The Kier molecular flexibility index (Phi) is 1340. The van der Waals surface area contributed by atoms with Crippen LogP contribution in [-0.4, -0.2) is 0 Å². The Bertz CT molecular complexity index is 16.5. The normalized spacial score (nSPS) is 1.78. The van der Waals surface area contributed by atoms with Gasteiger partial charge in [-0.25, -0.2) is 0 Å². The molecule has 0 saturated heterocycles. The van der Waals surface area contributed by atoms with Gasteiger partial charge in [0.2, 0.25) is 0 Å². The summed E-state index contributed by atoms with van der Waals surface area (Å²) in [7, 11) is 0. The molecule has 0 aromatic rings. The van der Waals surface area contributed by atoms with E-state index in [4.69, 9.17) is 0 Å². The molecule has 9 heavy (non-hydrogen) atoms. The van der Waals surface area contributed by atoms with Gasteiger partial charge < -0.3 is 0 Å².